The summed E-state index contributed by atoms with van der Waals surface area (Å²) in [5.41, 5.74) is 7.06. The number of anilines is 1. The molecule has 1 aromatic heterocycles. The number of nitrogens with zero attached hydrogens (tertiary/aromatic N) is 2. The summed E-state index contributed by atoms with van der Waals surface area (Å²) in [6.07, 6.45) is 0. The van der Waals surface area contributed by atoms with Gasteiger partial charge in [-0.3, -0.25) is 0 Å². The van der Waals surface area contributed by atoms with E-state index in [-0.39, 0.29) is 11.5 Å². The fourth-order valence-electron chi connectivity index (χ4n) is 1.75. The molecule has 0 saturated heterocycles. The van der Waals surface area contributed by atoms with Gasteiger partial charge in [0.2, 0.25) is 0 Å². The highest BCUT2D eigenvalue weighted by atomic mass is 19.1. The molecule has 0 radical (unpaired) electrons. The fraction of sp³-hybridized carbons (Fsp3) is 0.286. The Hall–Kier alpha value is -2.04. The van der Waals surface area contributed by atoms with Crippen LogP contribution >= 0.6 is 0 Å². The summed E-state index contributed by atoms with van der Waals surface area (Å²) in [5, 5.41) is 0. The van der Waals surface area contributed by atoms with Crippen molar-refractivity contribution < 1.29 is 8.78 Å². The van der Waals surface area contributed by atoms with Crippen molar-refractivity contribution in [3.63, 3.8) is 0 Å². The van der Waals surface area contributed by atoms with E-state index in [4.69, 9.17) is 5.73 Å². The van der Waals surface area contributed by atoms with Crippen LogP contribution in [0, 0.1) is 18.6 Å². The minimum atomic E-state index is -0.657. The van der Waals surface area contributed by atoms with E-state index in [0.29, 0.717) is 22.9 Å². The van der Waals surface area contributed by atoms with Crippen LogP contribution < -0.4 is 5.73 Å². The summed E-state index contributed by atoms with van der Waals surface area (Å²) in [6, 6.07) is 3.40. The van der Waals surface area contributed by atoms with E-state index in [9.17, 15) is 8.78 Å². The van der Waals surface area contributed by atoms with Gasteiger partial charge in [-0.05, 0) is 19.1 Å². The summed E-state index contributed by atoms with van der Waals surface area (Å²) >= 11 is 0. The summed E-state index contributed by atoms with van der Waals surface area (Å²) in [6.45, 7) is 5.57. The Morgan fingerprint density at radius 3 is 2.42 bits per heavy atom. The van der Waals surface area contributed by atoms with E-state index in [1.165, 1.54) is 12.1 Å². The Labute approximate surface area is 110 Å². The predicted octanol–water partition coefficient (Wildman–Crippen LogP) is 3.44. The first-order valence-corrected chi connectivity index (χ1v) is 5.99. The second-order valence-electron chi connectivity index (χ2n) is 4.72. The normalized spacial score (nSPS) is 11.1. The van der Waals surface area contributed by atoms with E-state index in [1.807, 2.05) is 13.8 Å². The molecule has 5 heteroatoms. The second-order valence-corrected chi connectivity index (χ2v) is 4.72. The van der Waals surface area contributed by atoms with Crippen LogP contribution in [0.15, 0.2) is 18.2 Å². The number of nitrogen functional groups attached to an aromatic ring is 1. The number of nitrogens with two attached hydrogens (primary N) is 1. The number of benzene rings is 1. The summed E-state index contributed by atoms with van der Waals surface area (Å²) in [5.74, 6) is -0.342. The summed E-state index contributed by atoms with van der Waals surface area (Å²) in [4.78, 5) is 8.52. The quantitative estimate of drug-likeness (QED) is 0.903. The van der Waals surface area contributed by atoms with Crippen LogP contribution in [0.25, 0.3) is 11.3 Å². The zero-order valence-electron chi connectivity index (χ0n) is 11.0. The van der Waals surface area contributed by atoms with E-state index >= 15 is 0 Å². The lowest BCUT2D eigenvalue weighted by Gasteiger charge is -2.12. The third kappa shape index (κ3) is 2.54. The molecule has 0 bridgehead atoms. The summed E-state index contributed by atoms with van der Waals surface area (Å²) < 4.78 is 26.8. The average molecular weight is 263 g/mol. The van der Waals surface area contributed by atoms with Crippen molar-refractivity contribution in [3.8, 4) is 11.3 Å². The van der Waals surface area contributed by atoms with Crippen molar-refractivity contribution in [3.05, 3.63) is 41.2 Å². The van der Waals surface area contributed by atoms with Crippen LogP contribution in [-0.2, 0) is 0 Å². The summed E-state index contributed by atoms with van der Waals surface area (Å²) in [7, 11) is 0. The number of aromatic nitrogens is 2. The molecule has 1 aromatic carbocycles. The number of rotatable bonds is 2. The maximum Gasteiger partial charge on any atom is 0.135 e. The van der Waals surface area contributed by atoms with Gasteiger partial charge in [0.05, 0.1) is 5.69 Å². The van der Waals surface area contributed by atoms with Crippen LogP contribution in [0.3, 0.4) is 0 Å². The molecule has 100 valence electrons. The van der Waals surface area contributed by atoms with E-state index in [2.05, 4.69) is 9.97 Å². The molecule has 0 aliphatic heterocycles. The van der Waals surface area contributed by atoms with Crippen molar-refractivity contribution >= 4 is 5.82 Å². The highest BCUT2D eigenvalue weighted by Crippen LogP contribution is 2.28. The lowest BCUT2D eigenvalue weighted by molar-refractivity contribution is 0.585. The molecular formula is C14H15F2N3. The molecule has 0 atom stereocenters. The van der Waals surface area contributed by atoms with E-state index in [1.54, 1.807) is 6.92 Å². The first-order valence-electron chi connectivity index (χ1n) is 5.99. The molecule has 0 fully saturated rings. The molecular weight excluding hydrogens is 248 g/mol. The lowest BCUT2D eigenvalue weighted by Crippen LogP contribution is -2.07. The SMILES string of the molecule is Cc1c(N)nc(C(C)C)nc1-c1ccc(F)cc1F. The maximum atomic E-state index is 13.8. The lowest BCUT2D eigenvalue weighted by atomic mass is 10.1. The van der Waals surface area contributed by atoms with Gasteiger partial charge in [-0.1, -0.05) is 13.8 Å². The topological polar surface area (TPSA) is 51.8 Å². The van der Waals surface area contributed by atoms with Gasteiger partial charge >= 0.3 is 0 Å². The minimum absolute atomic E-state index is 0.0742. The highest BCUT2D eigenvalue weighted by Gasteiger charge is 2.16. The van der Waals surface area contributed by atoms with Crippen LogP contribution in [-0.4, -0.2) is 9.97 Å². The molecule has 2 aromatic rings. The van der Waals surface area contributed by atoms with E-state index in [0.717, 1.165) is 6.07 Å². The van der Waals surface area contributed by atoms with Gasteiger partial charge in [0.25, 0.3) is 0 Å². The predicted molar refractivity (Wildman–Crippen MR) is 70.6 cm³/mol. The largest absolute Gasteiger partial charge is 0.383 e. The Kier molecular flexibility index (Phi) is 3.46. The van der Waals surface area contributed by atoms with Gasteiger partial charge in [0.1, 0.15) is 23.3 Å². The number of halogens is 2. The van der Waals surface area contributed by atoms with Crippen LogP contribution in [0.5, 0.6) is 0 Å². The van der Waals surface area contributed by atoms with Crippen LogP contribution in [0.2, 0.25) is 0 Å². The first kappa shape index (κ1) is 13.4. The molecule has 2 rings (SSSR count). The fourth-order valence-corrected chi connectivity index (χ4v) is 1.75. The molecule has 3 nitrogen and oxygen atoms in total. The monoisotopic (exact) mass is 263 g/mol. The second kappa shape index (κ2) is 4.91. The maximum absolute atomic E-state index is 13.8. The van der Waals surface area contributed by atoms with Gasteiger partial charge in [-0.15, -0.1) is 0 Å². The van der Waals surface area contributed by atoms with Gasteiger partial charge < -0.3 is 5.73 Å². The Morgan fingerprint density at radius 1 is 1.16 bits per heavy atom. The zero-order chi connectivity index (χ0) is 14.2. The first-order chi connectivity index (χ1) is 8.90. The number of hydrogen-bond donors (Lipinski definition) is 1. The van der Waals surface area contributed by atoms with Gasteiger partial charge in [-0.2, -0.15) is 0 Å². The Morgan fingerprint density at radius 2 is 1.84 bits per heavy atom. The molecule has 0 aliphatic rings. The molecule has 2 N–H and O–H groups in total. The molecule has 0 amide bonds. The highest BCUT2D eigenvalue weighted by molar-refractivity contribution is 5.67. The molecule has 19 heavy (non-hydrogen) atoms. The Balaban J connectivity index is 2.67. The molecule has 1 heterocycles. The molecule has 0 saturated carbocycles. The third-order valence-corrected chi connectivity index (χ3v) is 2.90. The molecule has 0 spiro atoms. The average Bonchev–Trinajstić information content (AvgIpc) is 2.33. The van der Waals surface area contributed by atoms with Crippen molar-refractivity contribution in [2.75, 3.05) is 5.73 Å². The zero-order valence-corrected chi connectivity index (χ0v) is 11.0. The van der Waals surface area contributed by atoms with Crippen molar-refractivity contribution in [1.82, 2.24) is 9.97 Å². The Bertz CT molecular complexity index is 624. The van der Waals surface area contributed by atoms with Crippen LogP contribution in [0.4, 0.5) is 14.6 Å². The molecule has 0 aliphatic carbocycles. The van der Waals surface area contributed by atoms with Crippen molar-refractivity contribution in [1.29, 1.82) is 0 Å². The smallest absolute Gasteiger partial charge is 0.135 e. The van der Waals surface area contributed by atoms with Gasteiger partial charge in [-0.25, -0.2) is 18.7 Å². The number of hydrogen-bond acceptors (Lipinski definition) is 3. The van der Waals surface area contributed by atoms with Crippen molar-refractivity contribution in [2.24, 2.45) is 0 Å². The molecule has 0 unspecified atom stereocenters. The van der Waals surface area contributed by atoms with E-state index < -0.39 is 11.6 Å². The standard InChI is InChI=1S/C14H15F2N3/c1-7(2)14-18-12(8(3)13(17)19-14)10-5-4-9(15)6-11(10)16/h4-7H,1-3H3,(H2,17,18,19). The minimum Gasteiger partial charge on any atom is -0.383 e. The van der Waals surface area contributed by atoms with Gasteiger partial charge in [0.15, 0.2) is 0 Å². The van der Waals surface area contributed by atoms with Crippen molar-refractivity contribution in [2.45, 2.75) is 26.7 Å². The third-order valence-electron chi connectivity index (χ3n) is 2.90. The van der Waals surface area contributed by atoms with Crippen LogP contribution in [0.1, 0.15) is 31.2 Å². The van der Waals surface area contributed by atoms with Gasteiger partial charge in [0, 0.05) is 23.1 Å².